The molecule has 0 saturated carbocycles. The van der Waals surface area contributed by atoms with E-state index in [9.17, 15) is 14.4 Å². The van der Waals surface area contributed by atoms with Gasteiger partial charge in [-0.2, -0.15) is 0 Å². The number of esters is 1. The Kier molecular flexibility index (Phi) is 4.29. The molecular formula is C13H14N2O4S. The lowest BCUT2D eigenvalue weighted by Gasteiger charge is -2.23. The van der Waals surface area contributed by atoms with Crippen LogP contribution in [0, 0.1) is 0 Å². The van der Waals surface area contributed by atoms with Crippen LogP contribution in [0.4, 0.5) is 5.69 Å². The summed E-state index contributed by atoms with van der Waals surface area (Å²) in [5, 5.41) is 2.16. The molecule has 2 amide bonds. The SMILES string of the molecule is C[C@@H](OC(=O)C[C@H]1Sc2ccccc2NC1=O)C(N)=O. The van der Waals surface area contributed by atoms with Gasteiger partial charge in [0.2, 0.25) is 5.91 Å². The molecule has 1 aromatic carbocycles. The Morgan fingerprint density at radius 1 is 1.45 bits per heavy atom. The van der Waals surface area contributed by atoms with Gasteiger partial charge in [-0.05, 0) is 19.1 Å². The number of hydrogen-bond donors (Lipinski definition) is 2. The number of anilines is 1. The number of primary amides is 1. The Bertz CT molecular complexity index is 561. The molecule has 106 valence electrons. The molecule has 1 aliphatic heterocycles. The van der Waals surface area contributed by atoms with Crippen LogP contribution in [0.15, 0.2) is 29.2 Å². The number of benzene rings is 1. The van der Waals surface area contributed by atoms with Crippen molar-refractivity contribution in [3.8, 4) is 0 Å². The molecule has 20 heavy (non-hydrogen) atoms. The van der Waals surface area contributed by atoms with Gasteiger partial charge in [0.25, 0.3) is 5.91 Å². The molecule has 6 nitrogen and oxygen atoms in total. The molecule has 0 aromatic heterocycles. The zero-order valence-corrected chi connectivity index (χ0v) is 11.6. The molecule has 0 saturated heterocycles. The molecule has 2 rings (SSSR count). The van der Waals surface area contributed by atoms with Gasteiger partial charge in [-0.25, -0.2) is 0 Å². The summed E-state index contributed by atoms with van der Waals surface area (Å²) in [4.78, 5) is 35.3. The second-order valence-electron chi connectivity index (χ2n) is 4.33. The summed E-state index contributed by atoms with van der Waals surface area (Å²) in [5.41, 5.74) is 5.74. The quantitative estimate of drug-likeness (QED) is 0.804. The molecular weight excluding hydrogens is 280 g/mol. The summed E-state index contributed by atoms with van der Waals surface area (Å²) in [7, 11) is 0. The number of nitrogens with two attached hydrogens (primary N) is 1. The minimum atomic E-state index is -0.994. The van der Waals surface area contributed by atoms with Crippen molar-refractivity contribution in [3.63, 3.8) is 0 Å². The third kappa shape index (κ3) is 3.30. The molecule has 0 aliphatic carbocycles. The first-order valence-corrected chi connectivity index (χ1v) is 6.90. The number of fused-ring (bicyclic) bond motifs is 1. The number of para-hydroxylation sites is 1. The van der Waals surface area contributed by atoms with Gasteiger partial charge in [0.05, 0.1) is 17.4 Å². The van der Waals surface area contributed by atoms with E-state index in [-0.39, 0.29) is 12.3 Å². The van der Waals surface area contributed by atoms with Crippen LogP contribution < -0.4 is 11.1 Å². The van der Waals surface area contributed by atoms with E-state index < -0.39 is 23.2 Å². The Balaban J connectivity index is 1.99. The van der Waals surface area contributed by atoms with E-state index >= 15 is 0 Å². The first-order chi connectivity index (χ1) is 9.47. The fraction of sp³-hybridized carbons (Fsp3) is 0.308. The maximum absolute atomic E-state index is 11.9. The Labute approximate surface area is 120 Å². The van der Waals surface area contributed by atoms with E-state index in [2.05, 4.69) is 5.32 Å². The average molecular weight is 294 g/mol. The van der Waals surface area contributed by atoms with Crippen molar-refractivity contribution in [2.45, 2.75) is 29.6 Å². The van der Waals surface area contributed by atoms with E-state index in [1.165, 1.54) is 18.7 Å². The number of amides is 2. The number of hydrogen-bond acceptors (Lipinski definition) is 5. The van der Waals surface area contributed by atoms with Crippen LogP contribution in [-0.2, 0) is 19.1 Å². The lowest BCUT2D eigenvalue weighted by molar-refractivity contribution is -0.154. The van der Waals surface area contributed by atoms with Crippen molar-refractivity contribution < 1.29 is 19.1 Å². The van der Waals surface area contributed by atoms with Crippen molar-refractivity contribution in [2.75, 3.05) is 5.32 Å². The van der Waals surface area contributed by atoms with Crippen molar-refractivity contribution >= 4 is 35.2 Å². The van der Waals surface area contributed by atoms with E-state index in [0.717, 1.165) is 10.6 Å². The third-order valence-electron chi connectivity index (χ3n) is 2.77. The molecule has 0 bridgehead atoms. The second-order valence-corrected chi connectivity index (χ2v) is 5.58. The number of ether oxygens (including phenoxy) is 1. The minimum absolute atomic E-state index is 0.109. The standard InChI is InChI=1S/C13H14N2O4S/c1-7(12(14)17)19-11(16)6-10-13(18)15-8-4-2-3-5-9(8)20-10/h2-5,7,10H,6H2,1H3,(H2,14,17)(H,15,18)/t7-,10-/m1/s1. The lowest BCUT2D eigenvalue weighted by Crippen LogP contribution is -2.34. The number of nitrogens with one attached hydrogen (secondary N) is 1. The first kappa shape index (κ1) is 14.4. The highest BCUT2D eigenvalue weighted by Gasteiger charge is 2.30. The number of thioether (sulfide) groups is 1. The van der Waals surface area contributed by atoms with Crippen LogP contribution in [0.2, 0.25) is 0 Å². The fourth-order valence-corrected chi connectivity index (χ4v) is 2.78. The Hall–Kier alpha value is -2.02. The van der Waals surface area contributed by atoms with Crippen LogP contribution in [0.3, 0.4) is 0 Å². The molecule has 7 heteroatoms. The number of carbonyl (C=O) groups is 3. The number of rotatable bonds is 4. The van der Waals surface area contributed by atoms with Crippen molar-refractivity contribution in [3.05, 3.63) is 24.3 Å². The van der Waals surface area contributed by atoms with Gasteiger partial charge in [-0.1, -0.05) is 12.1 Å². The molecule has 0 fully saturated rings. The zero-order chi connectivity index (χ0) is 14.7. The molecule has 1 heterocycles. The molecule has 0 spiro atoms. The highest BCUT2D eigenvalue weighted by Crippen LogP contribution is 2.36. The largest absolute Gasteiger partial charge is 0.453 e. The van der Waals surface area contributed by atoms with Gasteiger partial charge in [0, 0.05) is 4.90 Å². The predicted octanol–water partition coefficient (Wildman–Crippen LogP) is 0.907. The molecule has 3 N–H and O–H groups in total. The first-order valence-electron chi connectivity index (χ1n) is 6.02. The van der Waals surface area contributed by atoms with Gasteiger partial charge in [0.15, 0.2) is 6.10 Å². The Morgan fingerprint density at radius 3 is 2.85 bits per heavy atom. The van der Waals surface area contributed by atoms with Gasteiger partial charge < -0.3 is 15.8 Å². The summed E-state index contributed by atoms with van der Waals surface area (Å²) in [6, 6.07) is 7.34. The number of carbonyl (C=O) groups excluding carboxylic acids is 3. The maximum atomic E-state index is 11.9. The summed E-state index contributed by atoms with van der Waals surface area (Å²) in [6.07, 6.45) is -1.10. The maximum Gasteiger partial charge on any atom is 0.308 e. The van der Waals surface area contributed by atoms with Crippen molar-refractivity contribution in [1.29, 1.82) is 0 Å². The van der Waals surface area contributed by atoms with E-state index in [1.54, 1.807) is 6.07 Å². The smallest absolute Gasteiger partial charge is 0.308 e. The Morgan fingerprint density at radius 2 is 2.15 bits per heavy atom. The summed E-state index contributed by atoms with van der Waals surface area (Å²) < 4.78 is 4.84. The van der Waals surface area contributed by atoms with Crippen molar-refractivity contribution in [2.24, 2.45) is 5.73 Å². The second kappa shape index (κ2) is 5.96. The normalized spacial score (nSPS) is 18.6. The van der Waals surface area contributed by atoms with Gasteiger partial charge in [-0.15, -0.1) is 11.8 Å². The van der Waals surface area contributed by atoms with Crippen LogP contribution in [0.1, 0.15) is 13.3 Å². The van der Waals surface area contributed by atoms with E-state index in [0.29, 0.717) is 0 Å². The predicted molar refractivity (Wildman–Crippen MR) is 74.1 cm³/mol. The summed E-state index contributed by atoms with van der Waals surface area (Å²) >= 11 is 1.30. The van der Waals surface area contributed by atoms with Crippen LogP contribution in [0.5, 0.6) is 0 Å². The summed E-state index contributed by atoms with van der Waals surface area (Å²) in [5.74, 6) is -1.59. The van der Waals surface area contributed by atoms with Crippen LogP contribution in [-0.4, -0.2) is 29.1 Å². The lowest BCUT2D eigenvalue weighted by atomic mass is 10.2. The third-order valence-corrected chi connectivity index (χ3v) is 4.04. The van der Waals surface area contributed by atoms with Gasteiger partial charge in [0.1, 0.15) is 0 Å². The molecule has 2 atom stereocenters. The van der Waals surface area contributed by atoms with Crippen LogP contribution >= 0.6 is 11.8 Å². The highest BCUT2D eigenvalue weighted by atomic mass is 32.2. The monoisotopic (exact) mass is 294 g/mol. The average Bonchev–Trinajstić information content (AvgIpc) is 2.39. The highest BCUT2D eigenvalue weighted by molar-refractivity contribution is 8.01. The molecule has 1 aliphatic rings. The summed E-state index contributed by atoms with van der Waals surface area (Å²) in [6.45, 7) is 1.39. The zero-order valence-electron chi connectivity index (χ0n) is 10.8. The van der Waals surface area contributed by atoms with Crippen LogP contribution in [0.25, 0.3) is 0 Å². The van der Waals surface area contributed by atoms with Gasteiger partial charge in [-0.3, -0.25) is 14.4 Å². The minimum Gasteiger partial charge on any atom is -0.453 e. The molecule has 0 radical (unpaired) electrons. The van der Waals surface area contributed by atoms with E-state index in [4.69, 9.17) is 10.5 Å². The molecule has 0 unspecified atom stereocenters. The topological polar surface area (TPSA) is 98.5 Å². The van der Waals surface area contributed by atoms with Gasteiger partial charge >= 0.3 is 5.97 Å². The fourth-order valence-electron chi connectivity index (χ4n) is 1.68. The van der Waals surface area contributed by atoms with E-state index in [1.807, 2.05) is 18.2 Å². The van der Waals surface area contributed by atoms with Crippen molar-refractivity contribution in [1.82, 2.24) is 0 Å². The molecule has 1 aromatic rings.